The van der Waals surface area contributed by atoms with Crippen molar-refractivity contribution in [2.75, 3.05) is 26.2 Å². The summed E-state index contributed by atoms with van der Waals surface area (Å²) >= 11 is 0. The predicted octanol–water partition coefficient (Wildman–Crippen LogP) is 1.78. The van der Waals surface area contributed by atoms with E-state index < -0.39 is 29.9 Å². The third-order valence-corrected chi connectivity index (χ3v) is 5.28. The predicted molar refractivity (Wildman–Crippen MR) is 101 cm³/mol. The highest BCUT2D eigenvalue weighted by Crippen LogP contribution is 2.41. The number of aromatic nitrogens is 2. The average molecular weight is 421 g/mol. The van der Waals surface area contributed by atoms with Crippen molar-refractivity contribution < 1.29 is 23.1 Å². The van der Waals surface area contributed by atoms with Crippen molar-refractivity contribution >= 4 is 5.91 Å². The molecule has 1 fully saturated rings. The van der Waals surface area contributed by atoms with Gasteiger partial charge in [0.2, 0.25) is 11.5 Å². The van der Waals surface area contributed by atoms with Crippen molar-refractivity contribution in [1.82, 2.24) is 19.4 Å². The van der Waals surface area contributed by atoms with E-state index in [0.29, 0.717) is 25.2 Å². The number of piperazine rings is 1. The number of carbonyl (C=O) groups is 1. The van der Waals surface area contributed by atoms with Gasteiger partial charge >= 0.3 is 6.18 Å². The van der Waals surface area contributed by atoms with E-state index in [1.54, 1.807) is 12.1 Å². The maximum atomic E-state index is 13.6. The molecule has 30 heavy (non-hydrogen) atoms. The van der Waals surface area contributed by atoms with E-state index in [2.05, 4.69) is 16.0 Å². The molecule has 0 aliphatic carbocycles. The van der Waals surface area contributed by atoms with Gasteiger partial charge in [-0.1, -0.05) is 12.1 Å². The second kappa shape index (κ2) is 8.45. The minimum absolute atomic E-state index is 0.267. The largest absolute Gasteiger partial charge is 0.425 e. The molecule has 10 heteroatoms. The van der Waals surface area contributed by atoms with Gasteiger partial charge in [0.1, 0.15) is 0 Å². The fourth-order valence-electron chi connectivity index (χ4n) is 3.50. The summed E-state index contributed by atoms with van der Waals surface area (Å²) in [4.78, 5) is 19.6. The van der Waals surface area contributed by atoms with Gasteiger partial charge in [-0.25, -0.2) is 4.98 Å². The van der Waals surface area contributed by atoms with Crippen LogP contribution in [0.15, 0.2) is 36.7 Å². The van der Waals surface area contributed by atoms with Gasteiger partial charge in [-0.3, -0.25) is 9.69 Å². The first-order chi connectivity index (χ1) is 14.1. The summed E-state index contributed by atoms with van der Waals surface area (Å²) in [5, 5.41) is 19.2. The molecule has 1 aliphatic rings. The number of hydrogen-bond donors (Lipinski definition) is 1. The van der Waals surface area contributed by atoms with Crippen LogP contribution in [0, 0.1) is 11.3 Å². The normalized spacial score (nSPS) is 17.4. The van der Waals surface area contributed by atoms with Gasteiger partial charge in [0.15, 0.2) is 5.82 Å². The van der Waals surface area contributed by atoms with Crippen molar-refractivity contribution in [3.8, 4) is 6.07 Å². The third kappa shape index (κ3) is 4.47. The Hall–Kier alpha value is -2.90. The van der Waals surface area contributed by atoms with Gasteiger partial charge in [0, 0.05) is 52.2 Å². The lowest BCUT2D eigenvalue weighted by Crippen LogP contribution is -2.52. The van der Waals surface area contributed by atoms with E-state index >= 15 is 0 Å². The van der Waals surface area contributed by atoms with Crippen molar-refractivity contribution in [2.45, 2.75) is 24.7 Å². The molecular formula is C20H22F3N5O2. The number of aliphatic hydroxyl groups is 1. The van der Waals surface area contributed by atoms with E-state index in [0.717, 1.165) is 16.3 Å². The summed E-state index contributed by atoms with van der Waals surface area (Å²) in [6.07, 6.45) is -3.72. The average Bonchev–Trinajstić information content (AvgIpc) is 3.14. The molecule has 2 heterocycles. The number of carbonyl (C=O) groups excluding carboxylic acids is 1. The highest BCUT2D eigenvalue weighted by molar-refractivity contribution is 5.77. The van der Waals surface area contributed by atoms with Crippen LogP contribution in [0.25, 0.3) is 0 Å². The monoisotopic (exact) mass is 421 g/mol. The SMILES string of the molecule is Cn1ccnc1C(O)(CC(=O)N1CCN(Cc2ccc(C#N)cc2)CC1)C(F)(F)F. The Bertz CT molecular complexity index is 927. The quantitative estimate of drug-likeness (QED) is 0.796. The molecule has 1 N–H and O–H groups in total. The van der Waals surface area contributed by atoms with Gasteiger partial charge in [-0.2, -0.15) is 18.4 Å². The molecular weight excluding hydrogens is 399 g/mol. The number of nitrogens with zero attached hydrogens (tertiary/aromatic N) is 5. The van der Waals surface area contributed by atoms with E-state index in [1.807, 2.05) is 12.1 Å². The van der Waals surface area contributed by atoms with Gasteiger partial charge in [0.05, 0.1) is 18.1 Å². The summed E-state index contributed by atoms with van der Waals surface area (Å²) < 4.78 is 42.0. The molecule has 160 valence electrons. The van der Waals surface area contributed by atoms with E-state index in [-0.39, 0.29) is 13.1 Å². The Kier molecular flexibility index (Phi) is 6.14. The molecule has 1 aromatic heterocycles. The van der Waals surface area contributed by atoms with E-state index in [4.69, 9.17) is 5.26 Å². The fourth-order valence-corrected chi connectivity index (χ4v) is 3.50. The Morgan fingerprint density at radius 2 is 1.83 bits per heavy atom. The summed E-state index contributed by atoms with van der Waals surface area (Å²) in [6, 6.07) is 9.22. The Balaban J connectivity index is 1.61. The molecule has 1 aliphatic heterocycles. The molecule has 0 radical (unpaired) electrons. The van der Waals surface area contributed by atoms with Crippen LogP contribution in [0.5, 0.6) is 0 Å². The number of aryl methyl sites for hydroxylation is 1. The Morgan fingerprint density at radius 3 is 2.33 bits per heavy atom. The van der Waals surface area contributed by atoms with Crippen LogP contribution < -0.4 is 0 Å². The number of nitriles is 1. The van der Waals surface area contributed by atoms with Crippen LogP contribution in [0.1, 0.15) is 23.4 Å². The first kappa shape index (κ1) is 21.8. The topological polar surface area (TPSA) is 85.4 Å². The highest BCUT2D eigenvalue weighted by atomic mass is 19.4. The summed E-state index contributed by atoms with van der Waals surface area (Å²) in [5.41, 5.74) is -1.77. The zero-order valence-electron chi connectivity index (χ0n) is 16.4. The summed E-state index contributed by atoms with van der Waals surface area (Å²) in [5.74, 6) is -1.38. The first-order valence-corrected chi connectivity index (χ1v) is 9.40. The van der Waals surface area contributed by atoms with Crippen LogP contribution in [0.4, 0.5) is 13.2 Å². The number of hydrogen-bond acceptors (Lipinski definition) is 5. The van der Waals surface area contributed by atoms with Gasteiger partial charge in [0.25, 0.3) is 0 Å². The van der Waals surface area contributed by atoms with E-state index in [1.165, 1.54) is 18.1 Å². The first-order valence-electron chi connectivity index (χ1n) is 9.40. The fraction of sp³-hybridized carbons (Fsp3) is 0.450. The molecule has 0 bridgehead atoms. The molecule has 0 spiro atoms. The number of halogens is 3. The molecule has 2 aromatic rings. The lowest BCUT2D eigenvalue weighted by Gasteiger charge is -2.37. The van der Waals surface area contributed by atoms with Crippen molar-refractivity contribution in [2.24, 2.45) is 7.05 Å². The number of amides is 1. The highest BCUT2D eigenvalue weighted by Gasteiger charge is 2.59. The van der Waals surface area contributed by atoms with Crippen LogP contribution in [-0.4, -0.2) is 62.7 Å². The van der Waals surface area contributed by atoms with Gasteiger partial charge in [-0.15, -0.1) is 0 Å². The molecule has 0 saturated carbocycles. The maximum Gasteiger partial charge on any atom is 0.425 e. The van der Waals surface area contributed by atoms with Gasteiger partial charge < -0.3 is 14.6 Å². The smallest absolute Gasteiger partial charge is 0.374 e. The zero-order chi connectivity index (χ0) is 21.9. The minimum Gasteiger partial charge on any atom is -0.374 e. The van der Waals surface area contributed by atoms with Crippen LogP contribution in [0.2, 0.25) is 0 Å². The second-order valence-corrected chi connectivity index (χ2v) is 7.36. The van der Waals surface area contributed by atoms with Gasteiger partial charge in [-0.05, 0) is 17.7 Å². The van der Waals surface area contributed by atoms with Crippen molar-refractivity contribution in [1.29, 1.82) is 5.26 Å². The zero-order valence-corrected chi connectivity index (χ0v) is 16.4. The summed E-state index contributed by atoms with van der Waals surface area (Å²) in [6.45, 7) is 2.15. The third-order valence-electron chi connectivity index (χ3n) is 5.28. The van der Waals surface area contributed by atoms with Crippen LogP contribution in [-0.2, 0) is 24.0 Å². The lowest BCUT2D eigenvalue weighted by molar-refractivity contribution is -0.272. The maximum absolute atomic E-state index is 13.6. The van der Waals surface area contributed by atoms with Crippen LogP contribution in [0.3, 0.4) is 0 Å². The van der Waals surface area contributed by atoms with Crippen molar-refractivity contribution in [3.63, 3.8) is 0 Å². The minimum atomic E-state index is -5.04. The lowest BCUT2D eigenvalue weighted by atomic mass is 9.96. The Morgan fingerprint density at radius 1 is 1.20 bits per heavy atom. The number of benzene rings is 1. The molecule has 1 amide bonds. The molecule has 3 rings (SSSR count). The number of imidazole rings is 1. The molecule has 1 aromatic carbocycles. The van der Waals surface area contributed by atoms with E-state index in [9.17, 15) is 23.1 Å². The number of alkyl halides is 3. The summed E-state index contributed by atoms with van der Waals surface area (Å²) in [7, 11) is 1.34. The molecule has 1 unspecified atom stereocenters. The molecule has 1 atom stereocenters. The Labute approximate surface area is 172 Å². The molecule has 7 nitrogen and oxygen atoms in total. The van der Waals surface area contributed by atoms with Crippen molar-refractivity contribution in [3.05, 3.63) is 53.6 Å². The molecule has 1 saturated heterocycles. The standard InChI is InChI=1S/C20H22F3N5O2/c1-26-7-6-25-18(26)19(30,20(21,22)23)12-17(29)28-10-8-27(9-11-28)14-16-4-2-15(13-24)3-5-16/h2-7,30H,8-12,14H2,1H3. The number of rotatable bonds is 5. The van der Waals surface area contributed by atoms with Crippen LogP contribution >= 0.6 is 0 Å². The second-order valence-electron chi connectivity index (χ2n) is 7.36.